The summed E-state index contributed by atoms with van der Waals surface area (Å²) < 4.78 is 13.2. The molecule has 7 heteroatoms. The number of anilines is 3. The van der Waals surface area contributed by atoms with Crippen molar-refractivity contribution in [3.63, 3.8) is 0 Å². The standard InChI is InChI=1S/C17H15ClFN5/c1-24(11-12-5-3-2-4-6-12)17-22-16(10-20-23-17)21-13-7-8-15(19)14(18)9-13/h2-10H,11H2,1H3,(H,21,22,23). The van der Waals surface area contributed by atoms with E-state index in [0.717, 1.165) is 5.56 Å². The summed E-state index contributed by atoms with van der Waals surface area (Å²) >= 11 is 5.78. The van der Waals surface area contributed by atoms with Crippen LogP contribution in [0.3, 0.4) is 0 Å². The predicted octanol–water partition coefficient (Wildman–Crippen LogP) is 4.04. The third-order valence-electron chi connectivity index (χ3n) is 3.34. The van der Waals surface area contributed by atoms with Gasteiger partial charge in [-0.2, -0.15) is 10.1 Å². The van der Waals surface area contributed by atoms with E-state index in [2.05, 4.69) is 20.5 Å². The smallest absolute Gasteiger partial charge is 0.247 e. The molecule has 2 aromatic carbocycles. The number of rotatable bonds is 5. The second-order valence-electron chi connectivity index (χ2n) is 5.24. The normalized spacial score (nSPS) is 10.5. The number of hydrogen-bond donors (Lipinski definition) is 1. The van der Waals surface area contributed by atoms with Crippen molar-refractivity contribution in [2.24, 2.45) is 0 Å². The van der Waals surface area contributed by atoms with Gasteiger partial charge in [0.15, 0.2) is 5.82 Å². The second-order valence-corrected chi connectivity index (χ2v) is 5.64. The molecule has 0 spiro atoms. The quantitative estimate of drug-likeness (QED) is 0.757. The van der Waals surface area contributed by atoms with Crippen LogP contribution in [0.4, 0.5) is 21.8 Å². The van der Waals surface area contributed by atoms with Gasteiger partial charge in [-0.05, 0) is 23.8 Å². The highest BCUT2D eigenvalue weighted by Gasteiger charge is 2.08. The molecule has 3 rings (SSSR count). The monoisotopic (exact) mass is 343 g/mol. The van der Waals surface area contributed by atoms with Crippen molar-refractivity contribution in [2.75, 3.05) is 17.3 Å². The number of nitrogens with one attached hydrogen (secondary N) is 1. The first-order valence-electron chi connectivity index (χ1n) is 7.28. The second kappa shape index (κ2) is 7.23. The molecular formula is C17H15ClFN5. The van der Waals surface area contributed by atoms with E-state index in [1.54, 1.807) is 6.07 Å². The Morgan fingerprint density at radius 3 is 2.71 bits per heavy atom. The van der Waals surface area contributed by atoms with E-state index in [0.29, 0.717) is 24.0 Å². The summed E-state index contributed by atoms with van der Waals surface area (Å²) in [4.78, 5) is 6.31. The van der Waals surface area contributed by atoms with Crippen LogP contribution in [0.1, 0.15) is 5.56 Å². The van der Waals surface area contributed by atoms with Gasteiger partial charge in [-0.1, -0.05) is 41.9 Å². The molecule has 1 aromatic heterocycles. The Labute approximate surface area is 144 Å². The Morgan fingerprint density at radius 2 is 1.96 bits per heavy atom. The van der Waals surface area contributed by atoms with Crippen LogP contribution in [0.15, 0.2) is 54.7 Å². The third kappa shape index (κ3) is 3.97. The zero-order chi connectivity index (χ0) is 16.9. The van der Waals surface area contributed by atoms with Gasteiger partial charge in [-0.3, -0.25) is 0 Å². The molecular weight excluding hydrogens is 329 g/mol. The van der Waals surface area contributed by atoms with Crippen LogP contribution >= 0.6 is 11.6 Å². The molecule has 0 fully saturated rings. The van der Waals surface area contributed by atoms with Gasteiger partial charge in [-0.25, -0.2) is 4.39 Å². The van der Waals surface area contributed by atoms with Crippen molar-refractivity contribution in [2.45, 2.75) is 6.54 Å². The zero-order valence-corrected chi connectivity index (χ0v) is 13.7. The van der Waals surface area contributed by atoms with Crippen LogP contribution in [0, 0.1) is 5.82 Å². The van der Waals surface area contributed by atoms with Crippen molar-refractivity contribution >= 4 is 29.1 Å². The van der Waals surface area contributed by atoms with Crippen molar-refractivity contribution in [1.29, 1.82) is 0 Å². The fourth-order valence-corrected chi connectivity index (χ4v) is 2.35. The summed E-state index contributed by atoms with van der Waals surface area (Å²) in [7, 11) is 1.89. The molecule has 1 N–H and O–H groups in total. The first-order chi connectivity index (χ1) is 11.6. The maximum absolute atomic E-state index is 13.2. The summed E-state index contributed by atoms with van der Waals surface area (Å²) in [5.74, 6) is 0.519. The number of benzene rings is 2. The minimum Gasteiger partial charge on any atom is -0.339 e. The summed E-state index contributed by atoms with van der Waals surface area (Å²) in [6.45, 7) is 0.661. The summed E-state index contributed by atoms with van der Waals surface area (Å²) in [6, 6.07) is 14.4. The highest BCUT2D eigenvalue weighted by Crippen LogP contribution is 2.22. The van der Waals surface area contributed by atoms with E-state index < -0.39 is 5.82 Å². The Kier molecular flexibility index (Phi) is 4.86. The average Bonchev–Trinajstić information content (AvgIpc) is 2.59. The van der Waals surface area contributed by atoms with Crippen molar-refractivity contribution in [1.82, 2.24) is 15.2 Å². The molecule has 1 heterocycles. The highest BCUT2D eigenvalue weighted by molar-refractivity contribution is 6.31. The topological polar surface area (TPSA) is 53.9 Å². The third-order valence-corrected chi connectivity index (χ3v) is 3.63. The molecule has 5 nitrogen and oxygen atoms in total. The van der Waals surface area contributed by atoms with Crippen molar-refractivity contribution in [3.05, 3.63) is 71.1 Å². The van der Waals surface area contributed by atoms with Crippen LogP contribution in [-0.2, 0) is 6.54 Å². The van der Waals surface area contributed by atoms with E-state index >= 15 is 0 Å². The fourth-order valence-electron chi connectivity index (χ4n) is 2.17. The Hall–Kier alpha value is -2.73. The Morgan fingerprint density at radius 1 is 1.17 bits per heavy atom. The van der Waals surface area contributed by atoms with E-state index in [1.807, 2.05) is 42.3 Å². The first-order valence-corrected chi connectivity index (χ1v) is 7.66. The molecule has 0 radical (unpaired) electrons. The van der Waals surface area contributed by atoms with Gasteiger partial charge in [0.25, 0.3) is 0 Å². The SMILES string of the molecule is CN(Cc1ccccc1)c1nncc(Nc2ccc(F)c(Cl)c2)n1. The van der Waals surface area contributed by atoms with E-state index in [9.17, 15) is 4.39 Å². The van der Waals surface area contributed by atoms with Gasteiger partial charge in [0, 0.05) is 19.3 Å². The van der Waals surface area contributed by atoms with E-state index in [4.69, 9.17) is 11.6 Å². The maximum Gasteiger partial charge on any atom is 0.247 e. The molecule has 0 saturated carbocycles. The Balaban J connectivity index is 1.74. The number of nitrogens with zero attached hydrogens (tertiary/aromatic N) is 4. The van der Waals surface area contributed by atoms with Gasteiger partial charge < -0.3 is 10.2 Å². The number of aromatic nitrogens is 3. The van der Waals surface area contributed by atoms with E-state index in [-0.39, 0.29) is 5.02 Å². The molecule has 0 unspecified atom stereocenters. The molecule has 0 atom stereocenters. The molecule has 24 heavy (non-hydrogen) atoms. The summed E-state index contributed by atoms with van der Waals surface area (Å²) in [6.07, 6.45) is 1.50. The zero-order valence-electron chi connectivity index (χ0n) is 12.9. The molecule has 0 saturated heterocycles. The van der Waals surface area contributed by atoms with Crippen molar-refractivity contribution < 1.29 is 4.39 Å². The molecule has 0 aliphatic heterocycles. The van der Waals surface area contributed by atoms with Gasteiger partial charge in [0.2, 0.25) is 5.95 Å². The molecule has 0 amide bonds. The van der Waals surface area contributed by atoms with Crippen LogP contribution in [0.2, 0.25) is 5.02 Å². The molecule has 0 aliphatic rings. The molecule has 0 bridgehead atoms. The van der Waals surface area contributed by atoms with Gasteiger partial charge in [0.05, 0.1) is 11.2 Å². The summed E-state index contributed by atoms with van der Waals surface area (Å²) in [5, 5.41) is 11.1. The summed E-state index contributed by atoms with van der Waals surface area (Å²) in [5.41, 5.74) is 1.77. The van der Waals surface area contributed by atoms with Crippen LogP contribution < -0.4 is 10.2 Å². The lowest BCUT2D eigenvalue weighted by atomic mass is 10.2. The maximum atomic E-state index is 13.2. The fraction of sp³-hybridized carbons (Fsp3) is 0.118. The largest absolute Gasteiger partial charge is 0.339 e. The van der Waals surface area contributed by atoms with Gasteiger partial charge >= 0.3 is 0 Å². The van der Waals surface area contributed by atoms with Crippen LogP contribution in [0.5, 0.6) is 0 Å². The minimum atomic E-state index is -0.466. The van der Waals surface area contributed by atoms with Crippen LogP contribution in [0.25, 0.3) is 0 Å². The average molecular weight is 344 g/mol. The minimum absolute atomic E-state index is 0.0448. The highest BCUT2D eigenvalue weighted by atomic mass is 35.5. The van der Waals surface area contributed by atoms with Crippen LogP contribution in [-0.4, -0.2) is 22.2 Å². The Bertz CT molecular complexity index is 828. The molecule has 0 aliphatic carbocycles. The number of halogens is 2. The van der Waals surface area contributed by atoms with E-state index in [1.165, 1.54) is 18.3 Å². The van der Waals surface area contributed by atoms with Crippen molar-refractivity contribution in [3.8, 4) is 0 Å². The number of hydrogen-bond acceptors (Lipinski definition) is 5. The predicted molar refractivity (Wildman–Crippen MR) is 93.1 cm³/mol. The van der Waals surface area contributed by atoms with Gasteiger partial charge in [0.1, 0.15) is 5.82 Å². The molecule has 122 valence electrons. The van der Waals surface area contributed by atoms with Gasteiger partial charge in [-0.15, -0.1) is 5.10 Å². The lowest BCUT2D eigenvalue weighted by Crippen LogP contribution is -2.19. The molecule has 3 aromatic rings. The first kappa shape index (κ1) is 16.1. The lowest BCUT2D eigenvalue weighted by molar-refractivity contribution is 0.628. The lowest BCUT2D eigenvalue weighted by Gasteiger charge is -2.17.